The lowest BCUT2D eigenvalue weighted by Crippen LogP contribution is -2.21. The first-order valence-electron chi connectivity index (χ1n) is 4.23. The Hall–Kier alpha value is -2.03. The smallest absolute Gasteiger partial charge is 0.476 e. The molecular weight excluding hydrogens is 243 g/mol. The fourth-order valence-electron chi connectivity index (χ4n) is 1.08. The minimum atomic E-state index is -5.05. The van der Waals surface area contributed by atoms with Crippen LogP contribution in [0.1, 0.15) is 16.2 Å². The number of pyridine rings is 1. The molecule has 94 valence electrons. The molecule has 1 heterocycles. The second kappa shape index (κ2) is 4.45. The number of nitrogens with zero attached hydrogens (tertiary/aromatic N) is 1. The predicted octanol–water partition coefficient (Wildman–Crippen LogP) is 0.719. The Morgan fingerprint density at radius 2 is 2.12 bits per heavy atom. The van der Waals surface area contributed by atoms with Crippen LogP contribution in [0.3, 0.4) is 0 Å². The molecule has 0 bridgehead atoms. The summed E-state index contributed by atoms with van der Waals surface area (Å²) in [6.45, 7) is -0.156. The van der Waals surface area contributed by atoms with E-state index in [1.165, 1.54) is 0 Å². The average molecular weight is 251 g/mol. The first-order chi connectivity index (χ1) is 7.74. The second-order valence-corrected chi connectivity index (χ2v) is 2.94. The highest BCUT2D eigenvalue weighted by Gasteiger charge is 2.35. The van der Waals surface area contributed by atoms with Crippen LogP contribution < -0.4 is 16.2 Å². The Labute approximate surface area is 93.0 Å². The van der Waals surface area contributed by atoms with Gasteiger partial charge in [0.1, 0.15) is 0 Å². The van der Waals surface area contributed by atoms with E-state index in [1.54, 1.807) is 0 Å². The minimum Gasteiger partial charge on any atom is -0.476 e. The van der Waals surface area contributed by atoms with Crippen LogP contribution in [0.25, 0.3) is 0 Å². The summed E-state index contributed by atoms with van der Waals surface area (Å²) in [5, 5.41) is 8.70. The summed E-state index contributed by atoms with van der Waals surface area (Å²) in [6.07, 6.45) is -5.05. The number of rotatable bonds is 3. The van der Waals surface area contributed by atoms with Crippen molar-refractivity contribution in [3.05, 3.63) is 17.5 Å². The molecule has 1 aromatic heterocycles. The third-order valence-corrected chi connectivity index (χ3v) is 1.68. The number of hydrogen-bond donors (Lipinski definition) is 3. The predicted molar refractivity (Wildman–Crippen MR) is 50.2 cm³/mol. The molecule has 0 amide bonds. The molecule has 0 radical (unpaired) electrons. The number of carboxylic acid groups (broad SMARTS) is 1. The Morgan fingerprint density at radius 3 is 2.53 bits per heavy atom. The largest absolute Gasteiger partial charge is 0.573 e. The number of aromatic carboxylic acids is 1. The molecule has 0 atom stereocenters. The first-order valence-corrected chi connectivity index (χ1v) is 4.23. The van der Waals surface area contributed by atoms with Gasteiger partial charge >= 0.3 is 12.3 Å². The molecule has 0 aromatic carbocycles. The normalized spacial score (nSPS) is 11.3. The van der Waals surface area contributed by atoms with Gasteiger partial charge in [-0.05, 0) is 6.07 Å². The summed E-state index contributed by atoms with van der Waals surface area (Å²) >= 11 is 0. The zero-order valence-electron chi connectivity index (χ0n) is 8.28. The van der Waals surface area contributed by atoms with E-state index in [0.29, 0.717) is 0 Å². The van der Waals surface area contributed by atoms with Crippen molar-refractivity contribution in [2.24, 2.45) is 5.73 Å². The number of nitrogen functional groups attached to an aromatic ring is 1. The van der Waals surface area contributed by atoms with E-state index >= 15 is 0 Å². The molecule has 0 saturated heterocycles. The molecule has 0 saturated carbocycles. The lowest BCUT2D eigenvalue weighted by atomic mass is 10.2. The number of ether oxygens (including phenoxy) is 1. The van der Waals surface area contributed by atoms with Crippen molar-refractivity contribution in [2.75, 3.05) is 5.73 Å². The van der Waals surface area contributed by atoms with E-state index in [1.807, 2.05) is 0 Å². The van der Waals surface area contributed by atoms with Gasteiger partial charge in [0, 0.05) is 6.54 Å². The zero-order valence-corrected chi connectivity index (χ0v) is 8.28. The molecule has 0 aliphatic rings. The molecule has 0 fully saturated rings. The van der Waals surface area contributed by atoms with Crippen LogP contribution in [-0.2, 0) is 6.54 Å². The Bertz CT molecular complexity index is 448. The van der Waals surface area contributed by atoms with Crippen LogP contribution in [0.2, 0.25) is 0 Å². The molecule has 0 unspecified atom stereocenters. The average Bonchev–Trinajstić information content (AvgIpc) is 2.18. The van der Waals surface area contributed by atoms with Crippen LogP contribution in [0.5, 0.6) is 5.75 Å². The molecular formula is C8H8F3N3O3. The fraction of sp³-hybridized carbons (Fsp3) is 0.250. The molecule has 1 aromatic rings. The maximum absolute atomic E-state index is 12.0. The van der Waals surface area contributed by atoms with Gasteiger partial charge in [0.15, 0.2) is 11.4 Å². The van der Waals surface area contributed by atoms with Crippen molar-refractivity contribution >= 4 is 11.7 Å². The molecule has 0 aliphatic heterocycles. The second-order valence-electron chi connectivity index (χ2n) is 2.94. The third kappa shape index (κ3) is 3.21. The van der Waals surface area contributed by atoms with E-state index in [4.69, 9.17) is 16.6 Å². The highest BCUT2D eigenvalue weighted by Crippen LogP contribution is 2.31. The van der Waals surface area contributed by atoms with Gasteiger partial charge in [-0.15, -0.1) is 13.2 Å². The van der Waals surface area contributed by atoms with E-state index in [9.17, 15) is 18.0 Å². The summed E-state index contributed by atoms with van der Waals surface area (Å²) in [4.78, 5) is 14.1. The van der Waals surface area contributed by atoms with Gasteiger partial charge in [0.25, 0.3) is 0 Å². The Balaban J connectivity index is 3.32. The van der Waals surface area contributed by atoms with Crippen molar-refractivity contribution in [2.45, 2.75) is 12.9 Å². The summed E-state index contributed by atoms with van der Waals surface area (Å²) < 4.78 is 39.6. The molecule has 1 rings (SSSR count). The number of aromatic nitrogens is 1. The topological polar surface area (TPSA) is 111 Å². The molecule has 0 aliphatic carbocycles. The van der Waals surface area contributed by atoms with Crippen LogP contribution in [0, 0.1) is 0 Å². The standard InChI is InChI=1S/C8H8F3N3O3/c9-8(10,11)17-6-4(13)1-3(2-12)14-5(6)7(15)16/h1H,2,12H2,(H2,13,14)(H,15,16). The quantitative estimate of drug-likeness (QED) is 0.729. The van der Waals surface area contributed by atoms with Gasteiger partial charge in [-0.1, -0.05) is 0 Å². The van der Waals surface area contributed by atoms with E-state index in [0.717, 1.165) is 6.07 Å². The van der Waals surface area contributed by atoms with Gasteiger partial charge in [-0.3, -0.25) is 0 Å². The maximum Gasteiger partial charge on any atom is 0.573 e. The number of anilines is 1. The van der Waals surface area contributed by atoms with Crippen molar-refractivity contribution in [1.29, 1.82) is 0 Å². The van der Waals surface area contributed by atoms with Gasteiger partial charge in [-0.2, -0.15) is 0 Å². The van der Waals surface area contributed by atoms with Crippen molar-refractivity contribution in [3.8, 4) is 5.75 Å². The van der Waals surface area contributed by atoms with Crippen LogP contribution >= 0.6 is 0 Å². The zero-order chi connectivity index (χ0) is 13.2. The van der Waals surface area contributed by atoms with E-state index in [-0.39, 0.29) is 12.2 Å². The highest BCUT2D eigenvalue weighted by molar-refractivity contribution is 5.91. The van der Waals surface area contributed by atoms with Crippen molar-refractivity contribution in [3.63, 3.8) is 0 Å². The highest BCUT2D eigenvalue weighted by atomic mass is 19.4. The summed E-state index contributed by atoms with van der Waals surface area (Å²) in [7, 11) is 0. The van der Waals surface area contributed by atoms with Gasteiger partial charge < -0.3 is 21.3 Å². The minimum absolute atomic E-state index is 0.0504. The first kappa shape index (κ1) is 13.0. The molecule has 9 heteroatoms. The number of carbonyl (C=O) groups is 1. The molecule has 6 nitrogen and oxygen atoms in total. The van der Waals surface area contributed by atoms with E-state index in [2.05, 4.69) is 9.72 Å². The number of nitrogens with two attached hydrogens (primary N) is 2. The molecule has 5 N–H and O–H groups in total. The fourth-order valence-corrected chi connectivity index (χ4v) is 1.08. The summed E-state index contributed by atoms with van der Waals surface area (Å²) in [5.74, 6) is -2.73. The lowest BCUT2D eigenvalue weighted by molar-refractivity contribution is -0.274. The van der Waals surface area contributed by atoms with Crippen molar-refractivity contribution in [1.82, 2.24) is 4.98 Å². The Morgan fingerprint density at radius 1 is 1.53 bits per heavy atom. The number of halogens is 3. The molecule has 17 heavy (non-hydrogen) atoms. The molecule has 0 spiro atoms. The van der Waals surface area contributed by atoms with Gasteiger partial charge in [0.2, 0.25) is 0 Å². The Kier molecular flexibility index (Phi) is 3.42. The lowest BCUT2D eigenvalue weighted by Gasteiger charge is -2.13. The van der Waals surface area contributed by atoms with Crippen molar-refractivity contribution < 1.29 is 27.8 Å². The maximum atomic E-state index is 12.0. The third-order valence-electron chi connectivity index (χ3n) is 1.68. The van der Waals surface area contributed by atoms with Crippen LogP contribution in [0.4, 0.5) is 18.9 Å². The van der Waals surface area contributed by atoms with Gasteiger partial charge in [-0.25, -0.2) is 9.78 Å². The SMILES string of the molecule is NCc1cc(N)c(OC(F)(F)F)c(C(=O)O)n1. The monoisotopic (exact) mass is 251 g/mol. The summed E-state index contributed by atoms with van der Waals surface area (Å²) in [6, 6.07) is 1.02. The number of alkyl halides is 3. The van der Waals surface area contributed by atoms with Crippen LogP contribution in [0.15, 0.2) is 6.07 Å². The summed E-state index contributed by atoms with van der Waals surface area (Å²) in [5.41, 5.74) is 9.08. The number of carboxylic acids is 1. The number of hydrogen-bond acceptors (Lipinski definition) is 5. The van der Waals surface area contributed by atoms with Gasteiger partial charge in [0.05, 0.1) is 11.4 Å². The van der Waals surface area contributed by atoms with Crippen LogP contribution in [-0.4, -0.2) is 22.4 Å². The van der Waals surface area contributed by atoms with E-state index < -0.39 is 29.5 Å².